The SMILES string of the molecule is COC(=O)CSC(C#N)C(Cl)C#N. The Morgan fingerprint density at radius 1 is 1.62 bits per heavy atom. The lowest BCUT2D eigenvalue weighted by molar-refractivity contribution is -0.137. The summed E-state index contributed by atoms with van der Waals surface area (Å²) in [4.78, 5) is 10.7. The largest absolute Gasteiger partial charge is 0.468 e. The van der Waals surface area contributed by atoms with Crippen LogP contribution in [0, 0.1) is 22.7 Å². The molecular formula is C7H7ClN2O2S. The second-order valence-corrected chi connectivity index (χ2v) is 3.57. The number of methoxy groups -OCH3 is 1. The number of nitriles is 2. The third-order valence-corrected chi connectivity index (χ3v) is 2.76. The Morgan fingerprint density at radius 2 is 2.23 bits per heavy atom. The number of thioether (sulfide) groups is 1. The Bertz CT molecular complexity index is 258. The predicted octanol–water partition coefficient (Wildman–Crippen LogP) is 0.916. The van der Waals surface area contributed by atoms with Gasteiger partial charge >= 0.3 is 5.97 Å². The average molecular weight is 219 g/mol. The van der Waals surface area contributed by atoms with E-state index in [0.29, 0.717) is 0 Å². The van der Waals surface area contributed by atoms with E-state index in [2.05, 4.69) is 4.74 Å². The first-order valence-electron chi connectivity index (χ1n) is 3.27. The van der Waals surface area contributed by atoms with Crippen LogP contribution in [0.25, 0.3) is 0 Å². The number of esters is 1. The first kappa shape index (κ1) is 12.1. The van der Waals surface area contributed by atoms with Gasteiger partial charge in [-0.05, 0) is 0 Å². The molecule has 0 saturated heterocycles. The highest BCUT2D eigenvalue weighted by Gasteiger charge is 2.20. The van der Waals surface area contributed by atoms with Gasteiger partial charge in [-0.2, -0.15) is 10.5 Å². The molecule has 0 radical (unpaired) electrons. The van der Waals surface area contributed by atoms with E-state index in [1.165, 1.54) is 7.11 Å². The number of ether oxygens (including phenoxy) is 1. The second kappa shape index (κ2) is 6.59. The molecule has 2 unspecified atom stereocenters. The summed E-state index contributed by atoms with van der Waals surface area (Å²) in [6.45, 7) is 0. The Balaban J connectivity index is 3.96. The summed E-state index contributed by atoms with van der Waals surface area (Å²) < 4.78 is 4.36. The number of hydrogen-bond acceptors (Lipinski definition) is 5. The van der Waals surface area contributed by atoms with Crippen LogP contribution in [0.1, 0.15) is 0 Å². The molecule has 0 bridgehead atoms. The van der Waals surface area contributed by atoms with Gasteiger partial charge in [0.1, 0.15) is 10.6 Å². The summed E-state index contributed by atoms with van der Waals surface area (Å²) in [5, 5.41) is 15.3. The zero-order valence-electron chi connectivity index (χ0n) is 6.86. The molecule has 0 rings (SSSR count). The van der Waals surface area contributed by atoms with Crippen molar-refractivity contribution in [2.24, 2.45) is 0 Å². The highest BCUT2D eigenvalue weighted by molar-refractivity contribution is 8.00. The van der Waals surface area contributed by atoms with Gasteiger partial charge in [0, 0.05) is 0 Å². The van der Waals surface area contributed by atoms with Crippen LogP contribution < -0.4 is 0 Å². The van der Waals surface area contributed by atoms with Gasteiger partial charge in [0.2, 0.25) is 0 Å². The first-order valence-corrected chi connectivity index (χ1v) is 4.76. The number of carbonyl (C=O) groups excluding carboxylic acids is 1. The van der Waals surface area contributed by atoms with E-state index in [4.69, 9.17) is 22.1 Å². The van der Waals surface area contributed by atoms with E-state index in [1.807, 2.05) is 6.07 Å². The fraction of sp³-hybridized carbons (Fsp3) is 0.571. The van der Waals surface area contributed by atoms with Crippen LogP contribution in [0.2, 0.25) is 0 Å². The highest BCUT2D eigenvalue weighted by Crippen LogP contribution is 2.17. The molecule has 0 spiro atoms. The van der Waals surface area contributed by atoms with E-state index in [1.54, 1.807) is 6.07 Å². The lowest BCUT2D eigenvalue weighted by atomic mass is 10.3. The van der Waals surface area contributed by atoms with Gasteiger partial charge in [-0.3, -0.25) is 4.79 Å². The van der Waals surface area contributed by atoms with Crippen molar-refractivity contribution < 1.29 is 9.53 Å². The summed E-state index contributed by atoms with van der Waals surface area (Å²) in [5.74, 6) is -0.411. The number of carbonyl (C=O) groups is 1. The molecule has 0 saturated carbocycles. The number of halogens is 1. The average Bonchev–Trinajstić information content (AvgIpc) is 2.17. The molecule has 0 aliphatic carbocycles. The van der Waals surface area contributed by atoms with Crippen LogP contribution in [-0.2, 0) is 9.53 Å². The molecular weight excluding hydrogens is 212 g/mol. The maximum absolute atomic E-state index is 10.7. The molecule has 6 heteroatoms. The zero-order valence-corrected chi connectivity index (χ0v) is 8.43. The van der Waals surface area contributed by atoms with Crippen molar-refractivity contribution in [3.05, 3.63) is 0 Å². The van der Waals surface area contributed by atoms with Crippen molar-refractivity contribution in [3.8, 4) is 12.1 Å². The van der Waals surface area contributed by atoms with E-state index in [9.17, 15) is 4.79 Å². The fourth-order valence-corrected chi connectivity index (χ4v) is 1.48. The highest BCUT2D eigenvalue weighted by atomic mass is 35.5. The maximum Gasteiger partial charge on any atom is 0.315 e. The Kier molecular flexibility index (Phi) is 6.13. The topological polar surface area (TPSA) is 73.9 Å². The molecule has 2 atom stereocenters. The number of alkyl halides is 1. The van der Waals surface area contributed by atoms with Gasteiger partial charge in [-0.15, -0.1) is 23.4 Å². The minimum Gasteiger partial charge on any atom is -0.468 e. The molecule has 0 aromatic rings. The molecule has 0 aromatic carbocycles. The summed E-state index contributed by atoms with van der Waals surface area (Å²) >= 11 is 6.50. The van der Waals surface area contributed by atoms with Crippen LogP contribution in [0.3, 0.4) is 0 Å². The van der Waals surface area contributed by atoms with E-state index in [-0.39, 0.29) is 5.75 Å². The van der Waals surface area contributed by atoms with Gasteiger partial charge in [-0.1, -0.05) is 0 Å². The Morgan fingerprint density at radius 3 is 2.62 bits per heavy atom. The molecule has 0 aliphatic rings. The van der Waals surface area contributed by atoms with Crippen molar-refractivity contribution in [2.45, 2.75) is 10.6 Å². The van der Waals surface area contributed by atoms with Gasteiger partial charge in [0.05, 0.1) is 25.0 Å². The molecule has 0 heterocycles. The Labute approximate surface area is 85.4 Å². The second-order valence-electron chi connectivity index (χ2n) is 1.97. The third kappa shape index (κ3) is 4.62. The molecule has 0 aromatic heterocycles. The van der Waals surface area contributed by atoms with Crippen LogP contribution in [0.15, 0.2) is 0 Å². The first-order chi connectivity index (χ1) is 6.15. The van der Waals surface area contributed by atoms with E-state index in [0.717, 1.165) is 11.8 Å². The molecule has 0 amide bonds. The van der Waals surface area contributed by atoms with Crippen molar-refractivity contribution in [1.29, 1.82) is 10.5 Å². The minimum atomic E-state index is -0.903. The zero-order chi connectivity index (χ0) is 10.3. The molecule has 0 aliphatic heterocycles. The van der Waals surface area contributed by atoms with Gasteiger partial charge in [-0.25, -0.2) is 0 Å². The molecule has 70 valence electrons. The summed E-state index contributed by atoms with van der Waals surface area (Å²) in [7, 11) is 1.26. The van der Waals surface area contributed by atoms with Crippen LogP contribution in [0.4, 0.5) is 0 Å². The smallest absolute Gasteiger partial charge is 0.315 e. The molecule has 0 fully saturated rings. The number of nitrogens with zero attached hydrogens (tertiary/aromatic N) is 2. The summed E-state index contributed by atoms with van der Waals surface area (Å²) in [6, 6.07) is 3.56. The quantitative estimate of drug-likeness (QED) is 0.518. The Hall–Kier alpha value is -0.910. The van der Waals surface area contributed by atoms with Gasteiger partial charge in [0.15, 0.2) is 0 Å². The lowest BCUT2D eigenvalue weighted by Crippen LogP contribution is -2.16. The molecule has 0 N–H and O–H groups in total. The fourth-order valence-electron chi connectivity index (χ4n) is 0.472. The maximum atomic E-state index is 10.7. The number of rotatable bonds is 4. The van der Waals surface area contributed by atoms with Crippen LogP contribution >= 0.6 is 23.4 Å². The van der Waals surface area contributed by atoms with Crippen molar-refractivity contribution in [3.63, 3.8) is 0 Å². The van der Waals surface area contributed by atoms with Crippen LogP contribution in [-0.4, -0.2) is 29.5 Å². The summed E-state index contributed by atoms with van der Waals surface area (Å²) in [5.41, 5.74) is 0. The normalized spacial score (nSPS) is 13.5. The minimum absolute atomic E-state index is 0.0274. The summed E-state index contributed by atoms with van der Waals surface area (Å²) in [6.07, 6.45) is 0. The van der Waals surface area contributed by atoms with Gasteiger partial charge < -0.3 is 4.74 Å². The van der Waals surface area contributed by atoms with Crippen molar-refractivity contribution in [2.75, 3.05) is 12.9 Å². The molecule has 13 heavy (non-hydrogen) atoms. The van der Waals surface area contributed by atoms with Crippen molar-refractivity contribution in [1.82, 2.24) is 0 Å². The van der Waals surface area contributed by atoms with Crippen LogP contribution in [0.5, 0.6) is 0 Å². The monoisotopic (exact) mass is 218 g/mol. The number of hydrogen-bond donors (Lipinski definition) is 0. The lowest BCUT2D eigenvalue weighted by Gasteiger charge is -2.06. The van der Waals surface area contributed by atoms with E-state index < -0.39 is 16.6 Å². The third-order valence-electron chi connectivity index (χ3n) is 1.12. The standard InChI is InChI=1S/C7H7ClN2O2S/c1-12-7(11)4-13-6(3-10)5(8)2-9/h5-6H,4H2,1H3. The molecule has 4 nitrogen and oxygen atoms in total. The van der Waals surface area contributed by atoms with E-state index >= 15 is 0 Å². The predicted molar refractivity (Wildman–Crippen MR) is 49.1 cm³/mol. The van der Waals surface area contributed by atoms with Crippen molar-refractivity contribution >= 4 is 29.3 Å². The van der Waals surface area contributed by atoms with Gasteiger partial charge in [0.25, 0.3) is 0 Å².